The largest absolute Gasteiger partial charge is 0.389 e. The van der Waals surface area contributed by atoms with Gasteiger partial charge < -0.3 is 10.0 Å². The van der Waals surface area contributed by atoms with E-state index in [-0.39, 0.29) is 23.9 Å². The van der Waals surface area contributed by atoms with Crippen molar-refractivity contribution in [2.75, 3.05) is 13.1 Å². The van der Waals surface area contributed by atoms with Gasteiger partial charge in [0.25, 0.3) is 5.56 Å². The summed E-state index contributed by atoms with van der Waals surface area (Å²) in [5.74, 6) is 0.0535. The van der Waals surface area contributed by atoms with Crippen LogP contribution < -0.4 is 5.56 Å². The lowest BCUT2D eigenvalue weighted by Gasteiger charge is -2.47. The zero-order chi connectivity index (χ0) is 17.4. The summed E-state index contributed by atoms with van der Waals surface area (Å²) in [6.45, 7) is 1.08. The number of likely N-dealkylation sites (tertiary alicyclic amines) is 1. The fourth-order valence-corrected chi connectivity index (χ4v) is 4.27. The molecule has 4 rings (SSSR count). The van der Waals surface area contributed by atoms with Crippen molar-refractivity contribution in [1.29, 1.82) is 0 Å². The van der Waals surface area contributed by atoms with Crippen LogP contribution in [0.5, 0.6) is 0 Å². The normalized spacial score (nSPS) is 26.4. The van der Waals surface area contributed by atoms with Crippen molar-refractivity contribution in [3.05, 3.63) is 40.8 Å². The van der Waals surface area contributed by atoms with Gasteiger partial charge in [-0.2, -0.15) is 5.10 Å². The van der Waals surface area contributed by atoms with Crippen LogP contribution in [0, 0.1) is 5.92 Å². The van der Waals surface area contributed by atoms with E-state index in [2.05, 4.69) is 5.10 Å². The monoisotopic (exact) mass is 341 g/mol. The lowest BCUT2D eigenvalue weighted by Crippen LogP contribution is -2.55. The zero-order valence-corrected chi connectivity index (χ0v) is 14.2. The lowest BCUT2D eigenvalue weighted by molar-refractivity contribution is -0.144. The Morgan fingerprint density at radius 2 is 2.12 bits per heavy atom. The molecule has 25 heavy (non-hydrogen) atoms. The average Bonchev–Trinajstić information content (AvgIpc) is 2.63. The Balaban J connectivity index is 1.51. The first kappa shape index (κ1) is 16.3. The van der Waals surface area contributed by atoms with Gasteiger partial charge in [-0.05, 0) is 25.3 Å². The number of aromatic nitrogens is 2. The number of piperidine rings is 1. The lowest BCUT2D eigenvalue weighted by atomic mass is 9.71. The number of hydrogen-bond acceptors (Lipinski definition) is 4. The van der Waals surface area contributed by atoms with Gasteiger partial charge in [0.1, 0.15) is 6.54 Å². The molecule has 2 fully saturated rings. The van der Waals surface area contributed by atoms with E-state index in [0.29, 0.717) is 24.9 Å². The van der Waals surface area contributed by atoms with E-state index < -0.39 is 5.60 Å². The summed E-state index contributed by atoms with van der Waals surface area (Å²) in [4.78, 5) is 27.0. The van der Waals surface area contributed by atoms with E-state index in [0.717, 1.165) is 31.1 Å². The number of rotatable bonds is 2. The Kier molecular flexibility index (Phi) is 4.07. The van der Waals surface area contributed by atoms with E-state index in [4.69, 9.17) is 0 Å². The molecule has 1 saturated carbocycles. The summed E-state index contributed by atoms with van der Waals surface area (Å²) in [5.41, 5.74) is -0.842. The minimum absolute atomic E-state index is 0.0468. The summed E-state index contributed by atoms with van der Waals surface area (Å²) in [5, 5.41) is 16.2. The van der Waals surface area contributed by atoms with Crippen LogP contribution in [-0.4, -0.2) is 44.4 Å². The minimum atomic E-state index is -0.604. The maximum absolute atomic E-state index is 12.7. The number of carbonyl (C=O) groups excluding carboxylic acids is 1. The highest BCUT2D eigenvalue weighted by Gasteiger charge is 2.43. The number of aliphatic hydroxyl groups is 1. The van der Waals surface area contributed by atoms with Crippen LogP contribution in [0.1, 0.15) is 32.1 Å². The molecule has 2 aromatic rings. The van der Waals surface area contributed by atoms with Crippen molar-refractivity contribution < 1.29 is 9.90 Å². The van der Waals surface area contributed by atoms with Crippen LogP contribution in [0.15, 0.2) is 35.3 Å². The molecule has 6 heteroatoms. The average molecular weight is 341 g/mol. The van der Waals surface area contributed by atoms with E-state index in [1.807, 2.05) is 18.2 Å². The summed E-state index contributed by atoms with van der Waals surface area (Å²) < 4.78 is 1.24. The van der Waals surface area contributed by atoms with Crippen LogP contribution in [-0.2, 0) is 11.3 Å². The number of fused-ring (bicyclic) bond motifs is 2. The zero-order valence-electron chi connectivity index (χ0n) is 14.2. The van der Waals surface area contributed by atoms with E-state index >= 15 is 0 Å². The number of amides is 1. The Morgan fingerprint density at radius 3 is 3.00 bits per heavy atom. The Hall–Kier alpha value is -2.21. The highest BCUT2D eigenvalue weighted by molar-refractivity contribution is 5.81. The van der Waals surface area contributed by atoms with Crippen LogP contribution in [0.25, 0.3) is 10.8 Å². The second-order valence-corrected chi connectivity index (χ2v) is 7.33. The third kappa shape index (κ3) is 2.95. The second-order valence-electron chi connectivity index (χ2n) is 7.33. The molecule has 1 aliphatic carbocycles. The van der Waals surface area contributed by atoms with Crippen LogP contribution >= 0.6 is 0 Å². The summed E-state index contributed by atoms with van der Waals surface area (Å²) in [6, 6.07) is 7.26. The maximum atomic E-state index is 12.7. The van der Waals surface area contributed by atoms with Crippen molar-refractivity contribution in [3.63, 3.8) is 0 Å². The quantitative estimate of drug-likeness (QED) is 0.899. The third-order valence-corrected chi connectivity index (χ3v) is 5.83. The molecule has 2 aliphatic rings. The van der Waals surface area contributed by atoms with Gasteiger partial charge >= 0.3 is 0 Å². The van der Waals surface area contributed by atoms with E-state index in [1.54, 1.807) is 17.2 Å². The van der Waals surface area contributed by atoms with Crippen molar-refractivity contribution >= 4 is 16.7 Å². The highest BCUT2D eigenvalue weighted by Crippen LogP contribution is 2.39. The molecule has 0 spiro atoms. The molecular weight excluding hydrogens is 318 g/mol. The van der Waals surface area contributed by atoms with Crippen molar-refractivity contribution in [1.82, 2.24) is 14.7 Å². The molecule has 0 unspecified atom stereocenters. The molecule has 1 N–H and O–H groups in total. The van der Waals surface area contributed by atoms with Gasteiger partial charge in [-0.25, -0.2) is 4.68 Å². The van der Waals surface area contributed by atoms with Crippen LogP contribution in [0.2, 0.25) is 0 Å². The first-order chi connectivity index (χ1) is 12.1. The van der Waals surface area contributed by atoms with Crippen LogP contribution in [0.4, 0.5) is 0 Å². The first-order valence-electron chi connectivity index (χ1n) is 9.02. The summed E-state index contributed by atoms with van der Waals surface area (Å²) in [6.07, 6.45) is 6.24. The highest BCUT2D eigenvalue weighted by atomic mass is 16.3. The van der Waals surface area contributed by atoms with Gasteiger partial charge in [0.15, 0.2) is 0 Å². The maximum Gasteiger partial charge on any atom is 0.275 e. The first-order valence-corrected chi connectivity index (χ1v) is 9.02. The second kappa shape index (κ2) is 6.26. The predicted octanol–water partition coefficient (Wildman–Crippen LogP) is 1.55. The molecule has 2 heterocycles. The van der Waals surface area contributed by atoms with E-state index in [9.17, 15) is 14.7 Å². The summed E-state index contributed by atoms with van der Waals surface area (Å²) in [7, 11) is 0. The van der Waals surface area contributed by atoms with Gasteiger partial charge in [0.05, 0.1) is 17.2 Å². The Labute approximate surface area is 146 Å². The van der Waals surface area contributed by atoms with Gasteiger partial charge in [-0.1, -0.05) is 31.0 Å². The number of carbonyl (C=O) groups is 1. The van der Waals surface area contributed by atoms with E-state index in [1.165, 1.54) is 4.68 Å². The molecule has 1 aromatic heterocycles. The minimum Gasteiger partial charge on any atom is -0.389 e. The van der Waals surface area contributed by atoms with Gasteiger partial charge in [-0.3, -0.25) is 9.59 Å². The number of benzene rings is 1. The third-order valence-electron chi connectivity index (χ3n) is 5.83. The molecule has 132 valence electrons. The molecular formula is C19H23N3O3. The summed E-state index contributed by atoms with van der Waals surface area (Å²) >= 11 is 0. The molecule has 6 nitrogen and oxygen atoms in total. The fourth-order valence-electron chi connectivity index (χ4n) is 4.27. The molecule has 1 aromatic carbocycles. The van der Waals surface area contributed by atoms with Gasteiger partial charge in [0, 0.05) is 24.4 Å². The number of hydrogen-bond donors (Lipinski definition) is 1. The molecule has 1 saturated heterocycles. The SMILES string of the molecule is O=C(Cn1ncc2ccccc2c1=O)N1CC[C@@]2(O)CCCC[C@H]2C1. The smallest absolute Gasteiger partial charge is 0.275 e. The molecule has 0 bridgehead atoms. The standard InChI is InChI=1S/C19H23N3O3/c23-17(21-10-9-19(25)8-4-3-6-15(19)12-21)13-22-18(24)16-7-2-1-5-14(16)11-20-22/h1-2,5,7,11,15,25H,3-4,6,8-10,12-13H2/t15-,19-/m0/s1. The Bertz CT molecular complexity index is 862. The Morgan fingerprint density at radius 1 is 1.28 bits per heavy atom. The fraction of sp³-hybridized carbons (Fsp3) is 0.526. The molecule has 1 amide bonds. The predicted molar refractivity (Wildman–Crippen MR) is 94.1 cm³/mol. The van der Waals surface area contributed by atoms with Crippen LogP contribution in [0.3, 0.4) is 0 Å². The topological polar surface area (TPSA) is 75.4 Å². The van der Waals surface area contributed by atoms with Crippen molar-refractivity contribution in [3.8, 4) is 0 Å². The van der Waals surface area contributed by atoms with Gasteiger partial charge in [0.2, 0.25) is 5.91 Å². The molecule has 2 atom stereocenters. The van der Waals surface area contributed by atoms with Crippen molar-refractivity contribution in [2.45, 2.75) is 44.2 Å². The van der Waals surface area contributed by atoms with Gasteiger partial charge in [-0.15, -0.1) is 0 Å². The van der Waals surface area contributed by atoms with Crippen molar-refractivity contribution in [2.24, 2.45) is 5.92 Å². The molecule has 0 radical (unpaired) electrons. The number of nitrogens with zero attached hydrogens (tertiary/aromatic N) is 3. The molecule has 1 aliphatic heterocycles.